The number of rotatable bonds is 6. The quantitative estimate of drug-likeness (QED) is 0.443. The molecule has 4 heteroatoms. The predicted molar refractivity (Wildman–Crippen MR) is 62.4 cm³/mol. The highest BCUT2D eigenvalue weighted by atomic mass is 19.1. The highest BCUT2D eigenvalue weighted by Gasteiger charge is 2.11. The van der Waals surface area contributed by atoms with Crippen molar-refractivity contribution in [1.82, 2.24) is 0 Å². The zero-order valence-electron chi connectivity index (χ0n) is 9.42. The molecule has 0 fully saturated rings. The average molecular weight is 224 g/mol. The van der Waals surface area contributed by atoms with Crippen molar-refractivity contribution < 1.29 is 9.13 Å². The van der Waals surface area contributed by atoms with Crippen LogP contribution in [-0.4, -0.2) is 12.4 Å². The van der Waals surface area contributed by atoms with Crippen molar-refractivity contribution in [3.8, 4) is 5.75 Å². The van der Waals surface area contributed by atoms with E-state index < -0.39 is 5.82 Å². The summed E-state index contributed by atoms with van der Waals surface area (Å²) in [5, 5.41) is 7.29. The summed E-state index contributed by atoms with van der Waals surface area (Å²) in [6, 6.07) is 4.46. The third-order valence-corrected chi connectivity index (χ3v) is 2.25. The number of halogens is 1. The second kappa shape index (κ2) is 6.10. The molecular formula is C12H17FN2O. The fourth-order valence-corrected chi connectivity index (χ4v) is 1.42. The molecule has 0 aliphatic rings. The summed E-state index contributed by atoms with van der Waals surface area (Å²) in [5.41, 5.74) is 5.36. The van der Waals surface area contributed by atoms with Gasteiger partial charge in [0.25, 0.3) is 0 Å². The first-order valence-electron chi connectivity index (χ1n) is 5.42. The van der Waals surface area contributed by atoms with Gasteiger partial charge in [0.2, 0.25) is 0 Å². The van der Waals surface area contributed by atoms with Crippen LogP contribution in [0.4, 0.5) is 4.39 Å². The van der Waals surface area contributed by atoms with E-state index in [0.29, 0.717) is 12.4 Å². The molecule has 0 aromatic heterocycles. The first-order chi connectivity index (χ1) is 7.66. The molecule has 0 atom stereocenters. The first kappa shape index (κ1) is 12.5. The van der Waals surface area contributed by atoms with Crippen molar-refractivity contribution >= 4 is 5.84 Å². The lowest BCUT2D eigenvalue weighted by molar-refractivity contribution is 0.304. The number of ether oxygens (including phenoxy) is 1. The van der Waals surface area contributed by atoms with Crippen molar-refractivity contribution in [2.45, 2.75) is 26.2 Å². The van der Waals surface area contributed by atoms with Gasteiger partial charge < -0.3 is 10.5 Å². The average Bonchev–Trinajstić information content (AvgIpc) is 2.24. The maximum atomic E-state index is 13.4. The molecule has 1 aromatic rings. The van der Waals surface area contributed by atoms with E-state index in [-0.39, 0.29) is 11.4 Å². The molecule has 1 rings (SSSR count). The van der Waals surface area contributed by atoms with Crippen molar-refractivity contribution in [3.05, 3.63) is 29.6 Å². The Balaban J connectivity index is 2.71. The molecule has 0 unspecified atom stereocenters. The molecule has 0 aliphatic carbocycles. The predicted octanol–water partition coefficient (Wildman–Crippen LogP) is 2.68. The number of amidine groups is 1. The van der Waals surface area contributed by atoms with E-state index in [1.165, 1.54) is 6.07 Å². The van der Waals surface area contributed by atoms with Gasteiger partial charge in [0, 0.05) is 0 Å². The molecule has 0 saturated heterocycles. The monoisotopic (exact) mass is 224 g/mol. The summed E-state index contributed by atoms with van der Waals surface area (Å²) >= 11 is 0. The van der Waals surface area contributed by atoms with Gasteiger partial charge in [0.05, 0.1) is 12.2 Å². The van der Waals surface area contributed by atoms with Crippen LogP contribution in [0.15, 0.2) is 18.2 Å². The van der Waals surface area contributed by atoms with Crippen LogP contribution < -0.4 is 10.5 Å². The molecule has 3 nitrogen and oxygen atoms in total. The normalized spacial score (nSPS) is 10.1. The van der Waals surface area contributed by atoms with Crippen LogP contribution in [0.25, 0.3) is 0 Å². The maximum absolute atomic E-state index is 13.4. The lowest BCUT2D eigenvalue weighted by Crippen LogP contribution is -2.15. The minimum Gasteiger partial charge on any atom is -0.493 e. The third kappa shape index (κ3) is 3.22. The topological polar surface area (TPSA) is 59.1 Å². The molecule has 1 aromatic carbocycles. The Morgan fingerprint density at radius 1 is 1.44 bits per heavy atom. The van der Waals surface area contributed by atoms with E-state index in [9.17, 15) is 4.39 Å². The standard InChI is InChI=1S/C12H17FN2O/c1-2-3-4-8-16-10-7-5-6-9(13)11(10)12(14)15/h5-7H,2-4,8H2,1H3,(H3,14,15). The molecule has 0 spiro atoms. The molecule has 0 bridgehead atoms. The van der Waals surface area contributed by atoms with E-state index >= 15 is 0 Å². The number of unbranched alkanes of at least 4 members (excludes halogenated alkanes) is 2. The Morgan fingerprint density at radius 2 is 2.19 bits per heavy atom. The minimum atomic E-state index is -0.513. The zero-order chi connectivity index (χ0) is 12.0. The number of hydrogen-bond donors (Lipinski definition) is 2. The van der Waals surface area contributed by atoms with E-state index in [4.69, 9.17) is 15.9 Å². The first-order valence-corrected chi connectivity index (χ1v) is 5.42. The van der Waals surface area contributed by atoms with Gasteiger partial charge >= 0.3 is 0 Å². The number of benzene rings is 1. The SMILES string of the molecule is CCCCCOc1cccc(F)c1C(=N)N. The molecule has 0 heterocycles. The highest BCUT2D eigenvalue weighted by molar-refractivity contribution is 5.97. The fraction of sp³-hybridized carbons (Fsp3) is 0.417. The van der Waals surface area contributed by atoms with Crippen molar-refractivity contribution in [3.63, 3.8) is 0 Å². The number of hydrogen-bond acceptors (Lipinski definition) is 2. The lowest BCUT2D eigenvalue weighted by atomic mass is 10.1. The molecule has 0 amide bonds. The van der Waals surface area contributed by atoms with Gasteiger partial charge in [-0.2, -0.15) is 0 Å². The van der Waals surface area contributed by atoms with Crippen LogP contribution in [0.2, 0.25) is 0 Å². The van der Waals surface area contributed by atoms with E-state index in [1.807, 2.05) is 0 Å². The van der Waals surface area contributed by atoms with Gasteiger partial charge in [-0.3, -0.25) is 5.41 Å². The smallest absolute Gasteiger partial charge is 0.137 e. The van der Waals surface area contributed by atoms with Crippen LogP contribution in [0.5, 0.6) is 5.75 Å². The Bertz CT molecular complexity index is 366. The molecule has 0 radical (unpaired) electrons. The number of nitrogens with two attached hydrogens (primary N) is 1. The van der Waals surface area contributed by atoms with Gasteiger partial charge in [-0.05, 0) is 18.6 Å². The van der Waals surface area contributed by atoms with Gasteiger partial charge in [-0.1, -0.05) is 25.8 Å². The van der Waals surface area contributed by atoms with Crippen LogP contribution in [0, 0.1) is 11.2 Å². The van der Waals surface area contributed by atoms with Crippen LogP contribution in [0.1, 0.15) is 31.7 Å². The summed E-state index contributed by atoms with van der Waals surface area (Å²) in [6.45, 7) is 2.63. The fourth-order valence-electron chi connectivity index (χ4n) is 1.42. The third-order valence-electron chi connectivity index (χ3n) is 2.25. The molecule has 3 N–H and O–H groups in total. The van der Waals surface area contributed by atoms with Crippen LogP contribution in [0.3, 0.4) is 0 Å². The van der Waals surface area contributed by atoms with Gasteiger partial charge in [-0.25, -0.2) is 4.39 Å². The van der Waals surface area contributed by atoms with Crippen LogP contribution >= 0.6 is 0 Å². The van der Waals surface area contributed by atoms with E-state index in [2.05, 4.69) is 6.92 Å². The lowest BCUT2D eigenvalue weighted by Gasteiger charge is -2.10. The Kier molecular flexibility index (Phi) is 4.76. The van der Waals surface area contributed by atoms with Crippen molar-refractivity contribution in [1.29, 1.82) is 5.41 Å². The minimum absolute atomic E-state index is 0.0546. The van der Waals surface area contributed by atoms with Crippen molar-refractivity contribution in [2.24, 2.45) is 5.73 Å². The van der Waals surface area contributed by atoms with Gasteiger partial charge in [0.1, 0.15) is 17.4 Å². The summed E-state index contributed by atoms with van der Waals surface area (Å²) in [6.07, 6.45) is 3.10. The summed E-state index contributed by atoms with van der Waals surface area (Å²) < 4.78 is 18.8. The molecule has 16 heavy (non-hydrogen) atoms. The van der Waals surface area contributed by atoms with E-state index in [1.54, 1.807) is 12.1 Å². The Labute approximate surface area is 94.9 Å². The highest BCUT2D eigenvalue weighted by Crippen LogP contribution is 2.21. The van der Waals surface area contributed by atoms with Gasteiger partial charge in [0.15, 0.2) is 0 Å². The number of nitrogens with one attached hydrogen (secondary N) is 1. The second-order valence-electron chi connectivity index (χ2n) is 3.58. The Morgan fingerprint density at radius 3 is 2.81 bits per heavy atom. The van der Waals surface area contributed by atoms with Crippen molar-refractivity contribution in [2.75, 3.05) is 6.61 Å². The number of nitrogen functional groups attached to an aromatic ring is 1. The van der Waals surface area contributed by atoms with Crippen LogP contribution in [-0.2, 0) is 0 Å². The molecule has 0 saturated carbocycles. The second-order valence-corrected chi connectivity index (χ2v) is 3.58. The van der Waals surface area contributed by atoms with Gasteiger partial charge in [-0.15, -0.1) is 0 Å². The summed E-state index contributed by atoms with van der Waals surface area (Å²) in [5.74, 6) is -0.465. The van der Waals surface area contributed by atoms with E-state index in [0.717, 1.165) is 19.3 Å². The summed E-state index contributed by atoms with van der Waals surface area (Å²) in [7, 11) is 0. The molecule has 0 aliphatic heterocycles. The molecular weight excluding hydrogens is 207 g/mol. The maximum Gasteiger partial charge on any atom is 0.137 e. The molecule has 88 valence electrons. The zero-order valence-corrected chi connectivity index (χ0v) is 9.42. The largest absolute Gasteiger partial charge is 0.493 e. The Hall–Kier alpha value is -1.58. The summed E-state index contributed by atoms with van der Waals surface area (Å²) in [4.78, 5) is 0.